The first-order valence-electron chi connectivity index (χ1n) is 7.17. The Labute approximate surface area is 113 Å². The van der Waals surface area contributed by atoms with E-state index in [9.17, 15) is 4.79 Å². The minimum Gasteiger partial charge on any atom is -0.350 e. The molecular formula is C14H20N4O. The number of nitrogens with one attached hydrogen (secondary N) is 1. The maximum Gasteiger partial charge on any atom is 0.225 e. The maximum atomic E-state index is 11.8. The van der Waals surface area contributed by atoms with Crippen LogP contribution in [0, 0.1) is 5.92 Å². The monoisotopic (exact) mass is 260 g/mol. The molecule has 5 heteroatoms. The van der Waals surface area contributed by atoms with Crippen LogP contribution in [0.15, 0.2) is 12.3 Å². The van der Waals surface area contributed by atoms with Gasteiger partial charge in [-0.15, -0.1) is 0 Å². The van der Waals surface area contributed by atoms with E-state index >= 15 is 0 Å². The van der Waals surface area contributed by atoms with Gasteiger partial charge in [-0.1, -0.05) is 6.42 Å². The highest BCUT2D eigenvalue weighted by Crippen LogP contribution is 2.26. The molecule has 0 bridgehead atoms. The molecule has 0 radical (unpaired) electrons. The SMILES string of the molecule is O=C(NCc1ccnc(N2CCCC2)n1)C1CCC1. The van der Waals surface area contributed by atoms with Gasteiger partial charge in [0.15, 0.2) is 0 Å². The van der Waals surface area contributed by atoms with Crippen molar-refractivity contribution in [3.05, 3.63) is 18.0 Å². The highest BCUT2D eigenvalue weighted by Gasteiger charge is 2.24. The summed E-state index contributed by atoms with van der Waals surface area (Å²) in [5.41, 5.74) is 0.893. The van der Waals surface area contributed by atoms with E-state index < -0.39 is 0 Å². The highest BCUT2D eigenvalue weighted by atomic mass is 16.1. The molecule has 1 saturated carbocycles. The van der Waals surface area contributed by atoms with Crippen LogP contribution < -0.4 is 10.2 Å². The average Bonchev–Trinajstić information content (AvgIpc) is 2.88. The normalized spacial score (nSPS) is 19.3. The first-order chi connectivity index (χ1) is 9.33. The van der Waals surface area contributed by atoms with Gasteiger partial charge >= 0.3 is 0 Å². The van der Waals surface area contributed by atoms with Crippen LogP contribution in [-0.4, -0.2) is 29.0 Å². The Hall–Kier alpha value is -1.65. The van der Waals surface area contributed by atoms with Gasteiger partial charge in [0.1, 0.15) is 0 Å². The number of rotatable bonds is 4. The third-order valence-electron chi connectivity index (χ3n) is 4.01. The molecule has 1 saturated heterocycles. The zero-order valence-corrected chi connectivity index (χ0v) is 11.1. The van der Waals surface area contributed by atoms with Gasteiger partial charge in [0.25, 0.3) is 0 Å². The van der Waals surface area contributed by atoms with Crippen LogP contribution in [0.3, 0.4) is 0 Å². The van der Waals surface area contributed by atoms with Gasteiger partial charge in [0.2, 0.25) is 11.9 Å². The smallest absolute Gasteiger partial charge is 0.225 e. The summed E-state index contributed by atoms with van der Waals surface area (Å²) >= 11 is 0. The number of hydrogen-bond acceptors (Lipinski definition) is 4. The fraction of sp³-hybridized carbons (Fsp3) is 0.643. The summed E-state index contributed by atoms with van der Waals surface area (Å²) in [6.07, 6.45) is 7.47. The molecule has 0 aromatic carbocycles. The van der Waals surface area contributed by atoms with E-state index in [1.165, 1.54) is 19.3 Å². The van der Waals surface area contributed by atoms with Crippen molar-refractivity contribution in [3.63, 3.8) is 0 Å². The number of nitrogens with zero attached hydrogens (tertiary/aromatic N) is 3. The molecule has 2 heterocycles. The Morgan fingerprint density at radius 2 is 2.11 bits per heavy atom. The first kappa shape index (κ1) is 12.4. The highest BCUT2D eigenvalue weighted by molar-refractivity contribution is 5.79. The lowest BCUT2D eigenvalue weighted by atomic mass is 9.85. The van der Waals surface area contributed by atoms with Crippen LogP contribution >= 0.6 is 0 Å². The summed E-state index contributed by atoms with van der Waals surface area (Å²) in [6, 6.07) is 1.88. The third kappa shape index (κ3) is 2.85. The lowest BCUT2D eigenvalue weighted by molar-refractivity contribution is -0.127. The van der Waals surface area contributed by atoms with E-state index in [1.807, 2.05) is 6.07 Å². The standard InChI is InChI=1S/C14H20N4O/c19-13(11-4-3-5-11)16-10-12-6-7-15-14(17-12)18-8-1-2-9-18/h6-7,11H,1-5,8-10H2,(H,16,19). The van der Waals surface area contributed by atoms with Crippen LogP contribution in [0.5, 0.6) is 0 Å². The Balaban J connectivity index is 1.57. The number of aromatic nitrogens is 2. The molecule has 1 aliphatic heterocycles. The second-order valence-corrected chi connectivity index (χ2v) is 5.39. The van der Waals surface area contributed by atoms with E-state index in [0.29, 0.717) is 6.54 Å². The van der Waals surface area contributed by atoms with Crippen molar-refractivity contribution in [3.8, 4) is 0 Å². The third-order valence-corrected chi connectivity index (χ3v) is 4.01. The van der Waals surface area contributed by atoms with Gasteiger partial charge in [-0.2, -0.15) is 0 Å². The molecule has 1 amide bonds. The molecule has 2 aliphatic rings. The molecule has 1 aromatic rings. The molecule has 0 atom stereocenters. The van der Waals surface area contributed by atoms with Gasteiger partial charge in [-0.3, -0.25) is 4.79 Å². The summed E-state index contributed by atoms with van der Waals surface area (Å²) < 4.78 is 0. The molecule has 3 rings (SSSR count). The zero-order chi connectivity index (χ0) is 13.1. The summed E-state index contributed by atoms with van der Waals surface area (Å²) in [7, 11) is 0. The van der Waals surface area contributed by atoms with E-state index in [0.717, 1.165) is 37.6 Å². The Morgan fingerprint density at radius 3 is 2.79 bits per heavy atom. The van der Waals surface area contributed by atoms with Gasteiger partial charge in [0, 0.05) is 25.2 Å². The zero-order valence-electron chi connectivity index (χ0n) is 11.1. The number of carbonyl (C=O) groups excluding carboxylic acids is 1. The fourth-order valence-electron chi connectivity index (χ4n) is 2.54. The van der Waals surface area contributed by atoms with Crippen molar-refractivity contribution >= 4 is 11.9 Å². The molecule has 19 heavy (non-hydrogen) atoms. The fourth-order valence-corrected chi connectivity index (χ4v) is 2.54. The molecule has 0 spiro atoms. The van der Waals surface area contributed by atoms with Crippen molar-refractivity contribution in [2.45, 2.75) is 38.6 Å². The maximum absolute atomic E-state index is 11.8. The summed E-state index contributed by atoms with van der Waals surface area (Å²) in [4.78, 5) is 22.8. The van der Waals surface area contributed by atoms with E-state index in [1.54, 1.807) is 6.20 Å². The Kier molecular flexibility index (Phi) is 3.62. The molecule has 1 aliphatic carbocycles. The molecule has 102 valence electrons. The minimum atomic E-state index is 0.174. The van der Waals surface area contributed by atoms with E-state index in [4.69, 9.17) is 0 Å². The quantitative estimate of drug-likeness (QED) is 0.891. The topological polar surface area (TPSA) is 58.1 Å². The molecular weight excluding hydrogens is 240 g/mol. The number of amides is 1. The second-order valence-electron chi connectivity index (χ2n) is 5.39. The van der Waals surface area contributed by atoms with Crippen molar-refractivity contribution in [2.24, 2.45) is 5.92 Å². The van der Waals surface area contributed by atoms with Crippen LogP contribution in [0.25, 0.3) is 0 Å². The lowest BCUT2D eigenvalue weighted by Gasteiger charge is -2.24. The molecule has 5 nitrogen and oxygen atoms in total. The number of carbonyl (C=O) groups is 1. The summed E-state index contributed by atoms with van der Waals surface area (Å²) in [6.45, 7) is 2.59. The van der Waals surface area contributed by atoms with Gasteiger partial charge in [-0.25, -0.2) is 9.97 Å². The second kappa shape index (κ2) is 5.55. The van der Waals surface area contributed by atoms with Gasteiger partial charge < -0.3 is 10.2 Å². The van der Waals surface area contributed by atoms with E-state index in [-0.39, 0.29) is 11.8 Å². The predicted molar refractivity (Wildman–Crippen MR) is 72.7 cm³/mol. The van der Waals surface area contributed by atoms with Gasteiger partial charge in [-0.05, 0) is 31.7 Å². The molecule has 2 fully saturated rings. The van der Waals surface area contributed by atoms with Crippen molar-refractivity contribution in [1.29, 1.82) is 0 Å². The van der Waals surface area contributed by atoms with Crippen LogP contribution in [0.4, 0.5) is 5.95 Å². The average molecular weight is 260 g/mol. The van der Waals surface area contributed by atoms with Crippen molar-refractivity contribution in [1.82, 2.24) is 15.3 Å². The molecule has 0 unspecified atom stereocenters. The Bertz CT molecular complexity index is 453. The van der Waals surface area contributed by atoms with Crippen LogP contribution in [0.2, 0.25) is 0 Å². The summed E-state index contributed by atoms with van der Waals surface area (Å²) in [5, 5.41) is 2.97. The first-order valence-corrected chi connectivity index (χ1v) is 7.17. The van der Waals surface area contributed by atoms with Crippen LogP contribution in [0.1, 0.15) is 37.8 Å². The summed E-state index contributed by atoms with van der Waals surface area (Å²) in [5.74, 6) is 1.21. The molecule has 1 aromatic heterocycles. The molecule has 1 N–H and O–H groups in total. The number of hydrogen-bond donors (Lipinski definition) is 1. The van der Waals surface area contributed by atoms with Crippen molar-refractivity contribution in [2.75, 3.05) is 18.0 Å². The largest absolute Gasteiger partial charge is 0.350 e. The van der Waals surface area contributed by atoms with E-state index in [2.05, 4.69) is 20.2 Å². The Morgan fingerprint density at radius 1 is 1.32 bits per heavy atom. The predicted octanol–water partition coefficient (Wildman–Crippen LogP) is 1.49. The van der Waals surface area contributed by atoms with Crippen molar-refractivity contribution < 1.29 is 4.79 Å². The van der Waals surface area contributed by atoms with Crippen LogP contribution in [-0.2, 0) is 11.3 Å². The van der Waals surface area contributed by atoms with Gasteiger partial charge in [0.05, 0.1) is 12.2 Å². The lowest BCUT2D eigenvalue weighted by Crippen LogP contribution is -2.34. The minimum absolute atomic E-state index is 0.174. The number of anilines is 1.